The van der Waals surface area contributed by atoms with Crippen LogP contribution < -0.4 is 10.6 Å². The van der Waals surface area contributed by atoms with Crippen molar-refractivity contribution >= 4 is 69.5 Å². The number of hydrogen-bond acceptors (Lipinski definition) is 4. The predicted molar refractivity (Wildman–Crippen MR) is 139 cm³/mol. The molecule has 4 rings (SSSR count). The van der Waals surface area contributed by atoms with E-state index in [4.69, 9.17) is 23.2 Å². The lowest BCUT2D eigenvalue weighted by molar-refractivity contribution is -0.115. The smallest absolute Gasteiger partial charge is 0.265 e. The summed E-state index contributed by atoms with van der Waals surface area (Å²) < 4.78 is 0. The van der Waals surface area contributed by atoms with Crippen LogP contribution >= 0.6 is 46.3 Å². The Hall–Kier alpha value is -2.77. The molecule has 0 aliphatic rings. The zero-order valence-electron chi connectivity index (χ0n) is 17.1. The van der Waals surface area contributed by atoms with Crippen molar-refractivity contribution < 1.29 is 9.59 Å². The van der Waals surface area contributed by atoms with Crippen molar-refractivity contribution in [1.29, 1.82) is 0 Å². The summed E-state index contributed by atoms with van der Waals surface area (Å²) in [5.41, 5.74) is 1.99. The molecule has 2 amide bonds. The van der Waals surface area contributed by atoms with E-state index in [2.05, 4.69) is 10.6 Å². The molecule has 0 spiro atoms. The van der Waals surface area contributed by atoms with Crippen LogP contribution in [-0.4, -0.2) is 11.8 Å². The first-order valence-corrected chi connectivity index (χ1v) is 12.4. The van der Waals surface area contributed by atoms with Gasteiger partial charge in [0.25, 0.3) is 5.91 Å². The van der Waals surface area contributed by atoms with E-state index in [0.717, 1.165) is 10.5 Å². The Morgan fingerprint density at radius 2 is 1.67 bits per heavy atom. The molecule has 2 N–H and O–H groups in total. The highest BCUT2D eigenvalue weighted by atomic mass is 35.5. The number of carbonyl (C=O) groups is 2. The highest BCUT2D eigenvalue weighted by molar-refractivity contribution is 8.00. The molecule has 0 fully saturated rings. The second-order valence-electron chi connectivity index (χ2n) is 6.98. The summed E-state index contributed by atoms with van der Waals surface area (Å²) >= 11 is 15.0. The molecule has 4 aromatic rings. The fourth-order valence-corrected chi connectivity index (χ4v) is 5.23. The molecule has 33 heavy (non-hydrogen) atoms. The van der Waals surface area contributed by atoms with Crippen LogP contribution in [0.2, 0.25) is 10.0 Å². The molecular weight excluding hydrogens is 495 g/mol. The standard InChI is InChI=1S/C25H18Cl2N2O2S2/c26-17-11-12-21(20(27)14-17)29-25(31)23(16-6-2-1-3-7-16)33-19-9-4-8-18(15-19)28-24(30)22-10-5-13-32-22/h1-15,23H,(H,28,30)(H,29,31). The Morgan fingerprint density at radius 3 is 2.39 bits per heavy atom. The van der Waals surface area contributed by atoms with Gasteiger partial charge >= 0.3 is 0 Å². The molecule has 0 bridgehead atoms. The molecule has 166 valence electrons. The van der Waals surface area contributed by atoms with Crippen LogP contribution in [0.1, 0.15) is 20.5 Å². The molecular formula is C25H18Cl2N2O2S2. The normalized spacial score (nSPS) is 11.6. The topological polar surface area (TPSA) is 58.2 Å². The van der Waals surface area contributed by atoms with E-state index in [9.17, 15) is 9.59 Å². The van der Waals surface area contributed by atoms with Crippen molar-refractivity contribution in [2.75, 3.05) is 10.6 Å². The second kappa shape index (κ2) is 10.9. The predicted octanol–water partition coefficient (Wildman–Crippen LogP) is 7.78. The summed E-state index contributed by atoms with van der Waals surface area (Å²) in [6.45, 7) is 0. The van der Waals surface area contributed by atoms with Crippen molar-refractivity contribution in [3.63, 3.8) is 0 Å². The average Bonchev–Trinajstić information content (AvgIpc) is 3.35. The molecule has 1 heterocycles. The van der Waals surface area contributed by atoms with Crippen molar-refractivity contribution in [3.8, 4) is 0 Å². The molecule has 0 saturated heterocycles. The zero-order valence-corrected chi connectivity index (χ0v) is 20.3. The number of benzene rings is 3. The maximum absolute atomic E-state index is 13.3. The molecule has 1 aromatic heterocycles. The third-order valence-corrected chi connectivity index (χ3v) is 7.28. The number of hydrogen-bond donors (Lipinski definition) is 2. The van der Waals surface area contributed by atoms with Gasteiger partial charge in [0, 0.05) is 15.6 Å². The van der Waals surface area contributed by atoms with Gasteiger partial charge in [0.05, 0.1) is 15.6 Å². The number of amides is 2. The minimum Gasteiger partial charge on any atom is -0.323 e. The van der Waals surface area contributed by atoms with Crippen LogP contribution in [-0.2, 0) is 4.79 Å². The van der Waals surface area contributed by atoms with Crippen molar-refractivity contribution in [2.24, 2.45) is 0 Å². The summed E-state index contributed by atoms with van der Waals surface area (Å²) in [6.07, 6.45) is 0. The lowest BCUT2D eigenvalue weighted by Crippen LogP contribution is -2.19. The Labute approximate surface area is 209 Å². The van der Waals surface area contributed by atoms with Crippen LogP contribution in [0.3, 0.4) is 0 Å². The largest absolute Gasteiger partial charge is 0.323 e. The minimum atomic E-state index is -0.541. The van der Waals surface area contributed by atoms with Gasteiger partial charge in [-0.25, -0.2) is 0 Å². The maximum atomic E-state index is 13.3. The van der Waals surface area contributed by atoms with E-state index in [1.165, 1.54) is 23.1 Å². The molecule has 4 nitrogen and oxygen atoms in total. The van der Waals surface area contributed by atoms with Crippen LogP contribution in [0.5, 0.6) is 0 Å². The van der Waals surface area contributed by atoms with Crippen molar-refractivity contribution in [3.05, 3.63) is 111 Å². The third kappa shape index (κ3) is 6.18. The lowest BCUT2D eigenvalue weighted by Gasteiger charge is -2.18. The number of rotatable bonds is 7. The van der Waals surface area contributed by atoms with Gasteiger partial charge in [0.2, 0.25) is 5.91 Å². The molecule has 0 radical (unpaired) electrons. The first-order valence-electron chi connectivity index (χ1n) is 9.92. The number of carbonyl (C=O) groups excluding carboxylic acids is 2. The quantitative estimate of drug-likeness (QED) is 0.248. The number of anilines is 2. The Bertz CT molecular complexity index is 1260. The summed E-state index contributed by atoms with van der Waals surface area (Å²) in [4.78, 5) is 27.2. The zero-order chi connectivity index (χ0) is 23.2. The Balaban J connectivity index is 1.56. The number of thiophene rings is 1. The number of thioether (sulfide) groups is 1. The minimum absolute atomic E-state index is 0.165. The Morgan fingerprint density at radius 1 is 0.848 bits per heavy atom. The first kappa shape index (κ1) is 23.4. The first-order chi connectivity index (χ1) is 16.0. The SMILES string of the molecule is O=C(Nc1cccc(SC(C(=O)Nc2ccc(Cl)cc2Cl)c2ccccc2)c1)c1cccs1. The van der Waals surface area contributed by atoms with Gasteiger partial charge in [0.1, 0.15) is 5.25 Å². The molecule has 3 aromatic carbocycles. The number of halogens is 2. The summed E-state index contributed by atoms with van der Waals surface area (Å²) in [6, 6.07) is 25.5. The third-order valence-electron chi connectivity index (χ3n) is 4.62. The van der Waals surface area contributed by atoms with Crippen LogP contribution in [0, 0.1) is 0 Å². The summed E-state index contributed by atoms with van der Waals surface area (Å²) in [5, 5.41) is 7.99. The lowest BCUT2D eigenvalue weighted by atomic mass is 10.1. The molecule has 1 unspecified atom stereocenters. The van der Waals surface area contributed by atoms with Crippen molar-refractivity contribution in [1.82, 2.24) is 0 Å². The van der Waals surface area contributed by atoms with E-state index in [0.29, 0.717) is 26.3 Å². The maximum Gasteiger partial charge on any atom is 0.265 e. The van der Waals surface area contributed by atoms with Gasteiger partial charge in [-0.05, 0) is 53.4 Å². The summed E-state index contributed by atoms with van der Waals surface area (Å²) in [7, 11) is 0. The number of nitrogens with one attached hydrogen (secondary N) is 2. The van der Waals surface area contributed by atoms with E-state index in [1.54, 1.807) is 24.3 Å². The molecule has 1 atom stereocenters. The van der Waals surface area contributed by atoms with Gasteiger partial charge in [-0.1, -0.05) is 65.7 Å². The molecule has 0 aliphatic carbocycles. The van der Waals surface area contributed by atoms with Crippen LogP contribution in [0.15, 0.2) is 95.2 Å². The van der Waals surface area contributed by atoms with Gasteiger partial charge in [0.15, 0.2) is 0 Å². The monoisotopic (exact) mass is 512 g/mol. The van der Waals surface area contributed by atoms with E-state index in [1.807, 2.05) is 66.0 Å². The van der Waals surface area contributed by atoms with Gasteiger partial charge in [-0.15, -0.1) is 23.1 Å². The van der Waals surface area contributed by atoms with E-state index < -0.39 is 5.25 Å². The van der Waals surface area contributed by atoms with E-state index in [-0.39, 0.29) is 11.8 Å². The van der Waals surface area contributed by atoms with Gasteiger partial charge in [-0.3, -0.25) is 9.59 Å². The fourth-order valence-electron chi connectivity index (χ4n) is 3.07. The van der Waals surface area contributed by atoms with Gasteiger partial charge < -0.3 is 10.6 Å². The average molecular weight is 513 g/mol. The Kier molecular flexibility index (Phi) is 7.73. The summed E-state index contributed by atoms with van der Waals surface area (Å²) in [5.74, 6) is -0.384. The van der Waals surface area contributed by atoms with Crippen LogP contribution in [0.25, 0.3) is 0 Å². The fraction of sp³-hybridized carbons (Fsp3) is 0.0400. The second-order valence-corrected chi connectivity index (χ2v) is 9.95. The molecule has 0 aliphatic heterocycles. The highest BCUT2D eigenvalue weighted by Crippen LogP contribution is 2.38. The van der Waals surface area contributed by atoms with Gasteiger partial charge in [-0.2, -0.15) is 0 Å². The molecule has 0 saturated carbocycles. The highest BCUT2D eigenvalue weighted by Gasteiger charge is 2.23. The van der Waals surface area contributed by atoms with Crippen LogP contribution in [0.4, 0.5) is 11.4 Å². The van der Waals surface area contributed by atoms with Crippen molar-refractivity contribution in [2.45, 2.75) is 10.1 Å². The van der Waals surface area contributed by atoms with E-state index >= 15 is 0 Å². The molecule has 8 heteroatoms.